The summed E-state index contributed by atoms with van der Waals surface area (Å²) in [5.74, 6) is -2.01. The Morgan fingerprint density at radius 2 is 2.09 bits per heavy atom. The first-order chi connectivity index (χ1) is 10.9. The van der Waals surface area contributed by atoms with Crippen LogP contribution in [-0.2, 0) is 16.1 Å². The Kier molecular flexibility index (Phi) is 5.63. The van der Waals surface area contributed by atoms with Crippen molar-refractivity contribution in [2.75, 3.05) is 12.3 Å². The van der Waals surface area contributed by atoms with Crippen LogP contribution in [-0.4, -0.2) is 17.6 Å². The van der Waals surface area contributed by atoms with Gasteiger partial charge in [0.1, 0.15) is 16.7 Å². The van der Waals surface area contributed by atoms with Crippen molar-refractivity contribution in [1.29, 1.82) is 0 Å². The maximum Gasteiger partial charge on any atom is 0.344 e. The Morgan fingerprint density at radius 1 is 1.35 bits per heavy atom. The number of ether oxygens (including phenoxy) is 2. The maximum atomic E-state index is 13.4. The summed E-state index contributed by atoms with van der Waals surface area (Å²) in [5.41, 5.74) is 7.19. The molecule has 2 aromatic rings. The number of esters is 1. The van der Waals surface area contributed by atoms with Crippen LogP contribution in [0.3, 0.4) is 0 Å². The summed E-state index contributed by atoms with van der Waals surface area (Å²) < 4.78 is 23.4. The summed E-state index contributed by atoms with van der Waals surface area (Å²) in [6, 6.07) is 7.51. The van der Waals surface area contributed by atoms with E-state index < -0.39 is 23.5 Å². The van der Waals surface area contributed by atoms with Gasteiger partial charge < -0.3 is 15.2 Å². The van der Waals surface area contributed by atoms with E-state index in [0.29, 0.717) is 0 Å². The molecule has 1 aromatic carbocycles. The minimum Gasteiger partial charge on any atom is -0.464 e. The highest BCUT2D eigenvalue weighted by Crippen LogP contribution is 2.35. The first kappa shape index (κ1) is 17.3. The van der Waals surface area contributed by atoms with Crippen molar-refractivity contribution in [2.45, 2.75) is 13.5 Å². The lowest BCUT2D eigenvalue weighted by Gasteiger charge is -2.10. The molecule has 0 fully saturated rings. The number of nitrogens with zero attached hydrogens (tertiary/aromatic N) is 1. The van der Waals surface area contributed by atoms with Crippen molar-refractivity contribution in [3.05, 3.63) is 51.4 Å². The zero-order valence-electron chi connectivity index (χ0n) is 12.1. The lowest BCUT2D eigenvalue weighted by molar-refractivity contribution is -0.147. The van der Waals surface area contributed by atoms with Crippen LogP contribution < -0.4 is 10.5 Å². The van der Waals surface area contributed by atoms with Crippen molar-refractivity contribution >= 4 is 34.9 Å². The number of hydrogen-bond donors (Lipinski definition) is 1. The van der Waals surface area contributed by atoms with Crippen molar-refractivity contribution < 1.29 is 18.7 Å². The Bertz CT molecular complexity index is 741. The molecule has 0 amide bonds. The van der Waals surface area contributed by atoms with Crippen molar-refractivity contribution in [3.8, 4) is 5.88 Å². The summed E-state index contributed by atoms with van der Waals surface area (Å²) >= 11 is 11.4. The van der Waals surface area contributed by atoms with Crippen molar-refractivity contribution in [3.63, 3.8) is 0 Å². The van der Waals surface area contributed by atoms with Crippen molar-refractivity contribution in [2.24, 2.45) is 0 Å². The highest BCUT2D eigenvalue weighted by atomic mass is 35.5. The van der Waals surface area contributed by atoms with Crippen LogP contribution in [0.1, 0.15) is 11.1 Å². The van der Waals surface area contributed by atoms with Crippen LogP contribution >= 0.6 is 23.2 Å². The van der Waals surface area contributed by atoms with E-state index in [1.54, 1.807) is 0 Å². The van der Waals surface area contributed by atoms with E-state index in [2.05, 4.69) is 4.98 Å². The number of benzene rings is 1. The third kappa shape index (κ3) is 4.46. The number of aryl methyl sites for hydroxylation is 1. The molecular weight excluding hydrogens is 346 g/mol. The predicted molar refractivity (Wildman–Crippen MR) is 85.1 cm³/mol. The van der Waals surface area contributed by atoms with E-state index in [4.69, 9.17) is 38.4 Å². The van der Waals surface area contributed by atoms with Gasteiger partial charge in [0.05, 0.1) is 5.69 Å². The zero-order chi connectivity index (χ0) is 17.0. The molecule has 5 nitrogen and oxygen atoms in total. The van der Waals surface area contributed by atoms with Crippen LogP contribution in [0.2, 0.25) is 10.0 Å². The molecule has 0 bridgehead atoms. The minimum absolute atomic E-state index is 0.0994. The monoisotopic (exact) mass is 358 g/mol. The van der Waals surface area contributed by atoms with E-state index in [9.17, 15) is 9.18 Å². The zero-order valence-corrected chi connectivity index (χ0v) is 13.6. The van der Waals surface area contributed by atoms with Crippen LogP contribution in [0.15, 0.2) is 24.3 Å². The summed E-state index contributed by atoms with van der Waals surface area (Å²) in [6.45, 7) is 1.54. The summed E-state index contributed by atoms with van der Waals surface area (Å²) in [4.78, 5) is 15.0. The molecule has 0 aliphatic carbocycles. The summed E-state index contributed by atoms with van der Waals surface area (Å²) in [6.07, 6.45) is 0. The average Bonchev–Trinajstić information content (AvgIpc) is 2.53. The molecule has 23 heavy (non-hydrogen) atoms. The second-order valence-electron chi connectivity index (χ2n) is 4.69. The van der Waals surface area contributed by atoms with Gasteiger partial charge in [0.25, 0.3) is 0 Å². The highest BCUT2D eigenvalue weighted by molar-refractivity contribution is 6.39. The second-order valence-corrected chi connectivity index (χ2v) is 5.44. The molecule has 122 valence electrons. The summed E-state index contributed by atoms with van der Waals surface area (Å²) in [7, 11) is 0. The van der Waals surface area contributed by atoms with Gasteiger partial charge in [-0.1, -0.05) is 53.0 Å². The fourth-order valence-corrected chi connectivity index (χ4v) is 2.12. The first-order valence-electron chi connectivity index (χ1n) is 6.52. The van der Waals surface area contributed by atoms with Gasteiger partial charge in [-0.05, 0) is 12.5 Å². The summed E-state index contributed by atoms with van der Waals surface area (Å²) in [5, 5.41) is -0.563. The molecule has 1 heterocycles. The van der Waals surface area contributed by atoms with Gasteiger partial charge in [0.2, 0.25) is 11.8 Å². The number of carbonyl (C=O) groups excluding carboxylic acids is 1. The fourth-order valence-electron chi connectivity index (χ4n) is 1.74. The van der Waals surface area contributed by atoms with E-state index in [1.807, 2.05) is 31.2 Å². The molecule has 0 unspecified atom stereocenters. The lowest BCUT2D eigenvalue weighted by Crippen LogP contribution is -2.16. The third-order valence-corrected chi connectivity index (χ3v) is 3.58. The number of anilines is 1. The first-order valence-corrected chi connectivity index (χ1v) is 7.28. The van der Waals surface area contributed by atoms with Gasteiger partial charge in [0.15, 0.2) is 6.61 Å². The largest absolute Gasteiger partial charge is 0.464 e. The number of pyridine rings is 1. The highest BCUT2D eigenvalue weighted by Gasteiger charge is 2.17. The van der Waals surface area contributed by atoms with Crippen LogP contribution in [0.4, 0.5) is 10.1 Å². The van der Waals surface area contributed by atoms with Gasteiger partial charge >= 0.3 is 5.97 Å². The number of carbonyl (C=O) groups is 1. The molecule has 0 radical (unpaired) electrons. The van der Waals surface area contributed by atoms with Crippen LogP contribution in [0.25, 0.3) is 0 Å². The van der Waals surface area contributed by atoms with Gasteiger partial charge in [0, 0.05) is 0 Å². The molecule has 0 spiro atoms. The number of halogens is 3. The molecule has 1 aromatic heterocycles. The Labute approximate surface area is 142 Å². The van der Waals surface area contributed by atoms with Gasteiger partial charge in [-0.2, -0.15) is 9.37 Å². The molecule has 0 atom stereocenters. The third-order valence-electron chi connectivity index (χ3n) is 2.85. The topological polar surface area (TPSA) is 74.4 Å². The maximum absolute atomic E-state index is 13.4. The van der Waals surface area contributed by atoms with Crippen LogP contribution in [0, 0.1) is 12.9 Å². The van der Waals surface area contributed by atoms with Gasteiger partial charge in [-0.15, -0.1) is 0 Å². The molecule has 2 rings (SSSR count). The molecule has 8 heteroatoms. The standard InChI is InChI=1S/C15H13Cl2FN2O3/c1-8-3-2-4-9(5-8)6-22-10(21)7-23-15-12(17)13(19)11(16)14(18)20-15/h2-5H,6-7H2,1H3,(H2,19,20). The van der Waals surface area contributed by atoms with Gasteiger partial charge in [-0.25, -0.2) is 4.79 Å². The molecular formula is C15H13Cl2FN2O3. The second kappa shape index (κ2) is 7.48. The molecule has 2 N–H and O–H groups in total. The molecule has 0 aliphatic rings. The fraction of sp³-hybridized carbons (Fsp3) is 0.200. The number of nitrogen functional groups attached to an aromatic ring is 1. The van der Waals surface area contributed by atoms with Gasteiger partial charge in [-0.3, -0.25) is 0 Å². The Morgan fingerprint density at radius 3 is 2.78 bits per heavy atom. The molecule has 0 aliphatic heterocycles. The van der Waals surface area contributed by atoms with E-state index in [0.717, 1.165) is 11.1 Å². The molecule has 0 saturated heterocycles. The van der Waals surface area contributed by atoms with E-state index in [-0.39, 0.29) is 23.2 Å². The Balaban J connectivity index is 1.92. The van der Waals surface area contributed by atoms with Crippen molar-refractivity contribution in [1.82, 2.24) is 4.98 Å². The quantitative estimate of drug-likeness (QED) is 0.653. The average molecular weight is 359 g/mol. The smallest absolute Gasteiger partial charge is 0.344 e. The van der Waals surface area contributed by atoms with E-state index >= 15 is 0 Å². The normalized spacial score (nSPS) is 10.4. The minimum atomic E-state index is -1.03. The SMILES string of the molecule is Cc1cccc(COC(=O)COc2nc(F)c(Cl)c(N)c2Cl)c1. The predicted octanol–water partition coefficient (Wildman–Crippen LogP) is 3.54. The lowest BCUT2D eigenvalue weighted by atomic mass is 10.1. The number of nitrogens with two attached hydrogens (primary N) is 1. The number of rotatable bonds is 5. The number of aromatic nitrogens is 1. The Hall–Kier alpha value is -2.05. The van der Waals surface area contributed by atoms with Crippen LogP contribution in [0.5, 0.6) is 5.88 Å². The molecule has 0 saturated carbocycles. The number of hydrogen-bond acceptors (Lipinski definition) is 5. The van der Waals surface area contributed by atoms with E-state index in [1.165, 1.54) is 0 Å².